The molecule has 2 atom stereocenters. The zero-order valence-electron chi connectivity index (χ0n) is 10.7. The predicted molar refractivity (Wildman–Crippen MR) is 75.5 cm³/mol. The molecule has 1 aliphatic heterocycles. The lowest BCUT2D eigenvalue weighted by molar-refractivity contribution is -0.140. The van der Waals surface area contributed by atoms with E-state index in [-0.39, 0.29) is 30.3 Å². The van der Waals surface area contributed by atoms with Gasteiger partial charge < -0.3 is 15.4 Å². The first-order valence-electron chi connectivity index (χ1n) is 6.48. The molecule has 2 aliphatic rings. The number of hydrogen-bond acceptors (Lipinski definition) is 3. The van der Waals surface area contributed by atoms with E-state index in [2.05, 4.69) is 12.1 Å². The monoisotopic (exact) mass is 282 g/mol. The van der Waals surface area contributed by atoms with Crippen molar-refractivity contribution in [1.29, 1.82) is 0 Å². The van der Waals surface area contributed by atoms with Crippen molar-refractivity contribution in [2.45, 2.75) is 18.4 Å². The number of benzene rings is 1. The van der Waals surface area contributed by atoms with Crippen LogP contribution >= 0.6 is 12.4 Å². The second-order valence-electron chi connectivity index (χ2n) is 4.97. The number of carbonyl (C=O) groups excluding carboxylic acids is 1. The van der Waals surface area contributed by atoms with Crippen LogP contribution in [0.5, 0.6) is 0 Å². The summed E-state index contributed by atoms with van der Waals surface area (Å²) in [5.41, 5.74) is 8.10. The van der Waals surface area contributed by atoms with E-state index in [9.17, 15) is 4.79 Å². The van der Waals surface area contributed by atoms with Crippen molar-refractivity contribution < 1.29 is 9.53 Å². The van der Waals surface area contributed by atoms with Crippen molar-refractivity contribution >= 4 is 18.3 Å². The molecule has 1 fully saturated rings. The fourth-order valence-electron chi connectivity index (χ4n) is 2.76. The van der Waals surface area contributed by atoms with E-state index in [1.165, 1.54) is 11.1 Å². The molecule has 1 aliphatic carbocycles. The normalized spacial score (nSPS) is 25.0. The summed E-state index contributed by atoms with van der Waals surface area (Å²) in [5, 5.41) is 0. The van der Waals surface area contributed by atoms with Crippen molar-refractivity contribution in [2.24, 2.45) is 5.73 Å². The standard InChI is InChI=1S/C14H18N2O2.ClH/c15-8-11-9-16(5-6-18-11)14(17)13-7-10-3-1-2-4-12(10)13;/h1-4,11,13H,5-9,15H2;1H. The first-order chi connectivity index (χ1) is 8.79. The average Bonchev–Trinajstić information content (AvgIpc) is 2.40. The molecule has 1 saturated heterocycles. The Hall–Kier alpha value is -1.10. The van der Waals surface area contributed by atoms with Gasteiger partial charge in [-0.15, -0.1) is 12.4 Å². The number of ether oxygens (including phenoxy) is 1. The topological polar surface area (TPSA) is 55.6 Å². The van der Waals surface area contributed by atoms with Gasteiger partial charge in [0.15, 0.2) is 0 Å². The minimum Gasteiger partial charge on any atom is -0.373 e. The second kappa shape index (κ2) is 5.90. The Morgan fingerprint density at radius 3 is 2.95 bits per heavy atom. The summed E-state index contributed by atoms with van der Waals surface area (Å²) in [6.07, 6.45) is 0.873. The van der Waals surface area contributed by atoms with Crippen LogP contribution in [-0.4, -0.2) is 43.2 Å². The number of nitrogens with zero attached hydrogens (tertiary/aromatic N) is 1. The Bertz CT molecular complexity index is 467. The minimum atomic E-state index is -0.00183. The largest absolute Gasteiger partial charge is 0.373 e. The molecule has 1 heterocycles. The van der Waals surface area contributed by atoms with Gasteiger partial charge in [0.1, 0.15) is 0 Å². The van der Waals surface area contributed by atoms with Gasteiger partial charge in [-0.3, -0.25) is 4.79 Å². The molecule has 5 heteroatoms. The molecule has 0 saturated carbocycles. The Labute approximate surface area is 119 Å². The number of carbonyl (C=O) groups is 1. The third-order valence-corrected chi connectivity index (χ3v) is 3.87. The number of rotatable bonds is 2. The van der Waals surface area contributed by atoms with E-state index >= 15 is 0 Å². The summed E-state index contributed by atoms with van der Waals surface area (Å²) in [6, 6.07) is 8.18. The van der Waals surface area contributed by atoms with Crippen LogP contribution in [-0.2, 0) is 16.0 Å². The predicted octanol–water partition coefficient (Wildman–Crippen LogP) is 0.934. The van der Waals surface area contributed by atoms with Gasteiger partial charge in [0.25, 0.3) is 0 Å². The zero-order valence-corrected chi connectivity index (χ0v) is 11.6. The third-order valence-electron chi connectivity index (χ3n) is 3.87. The smallest absolute Gasteiger partial charge is 0.230 e. The van der Waals surface area contributed by atoms with Gasteiger partial charge in [0.2, 0.25) is 5.91 Å². The van der Waals surface area contributed by atoms with E-state index in [4.69, 9.17) is 10.5 Å². The van der Waals surface area contributed by atoms with E-state index < -0.39 is 0 Å². The van der Waals surface area contributed by atoms with E-state index in [0.717, 1.165) is 6.42 Å². The molecule has 0 bridgehead atoms. The van der Waals surface area contributed by atoms with Crippen molar-refractivity contribution in [2.75, 3.05) is 26.2 Å². The lowest BCUT2D eigenvalue weighted by atomic mass is 9.77. The van der Waals surface area contributed by atoms with Gasteiger partial charge in [0, 0.05) is 19.6 Å². The van der Waals surface area contributed by atoms with Crippen LogP contribution in [0.4, 0.5) is 0 Å². The Morgan fingerprint density at radius 2 is 2.21 bits per heavy atom. The van der Waals surface area contributed by atoms with Crippen molar-refractivity contribution in [3.05, 3.63) is 35.4 Å². The van der Waals surface area contributed by atoms with Gasteiger partial charge in [0.05, 0.1) is 18.6 Å². The highest BCUT2D eigenvalue weighted by molar-refractivity contribution is 5.87. The maximum Gasteiger partial charge on any atom is 0.230 e. The molecule has 1 amide bonds. The van der Waals surface area contributed by atoms with Crippen LogP contribution in [0, 0.1) is 0 Å². The second-order valence-corrected chi connectivity index (χ2v) is 4.97. The van der Waals surface area contributed by atoms with Crippen molar-refractivity contribution in [3.63, 3.8) is 0 Å². The van der Waals surface area contributed by atoms with Gasteiger partial charge in [-0.1, -0.05) is 24.3 Å². The lowest BCUT2D eigenvalue weighted by Crippen LogP contribution is -2.50. The third kappa shape index (κ3) is 2.61. The quantitative estimate of drug-likeness (QED) is 0.878. The Balaban J connectivity index is 0.00000133. The molecular weight excluding hydrogens is 264 g/mol. The van der Waals surface area contributed by atoms with E-state index in [1.54, 1.807) is 0 Å². The summed E-state index contributed by atoms with van der Waals surface area (Å²) in [7, 11) is 0. The lowest BCUT2D eigenvalue weighted by Gasteiger charge is -2.38. The van der Waals surface area contributed by atoms with Crippen LogP contribution in [0.2, 0.25) is 0 Å². The molecule has 1 aromatic carbocycles. The summed E-state index contributed by atoms with van der Waals surface area (Å²) < 4.78 is 5.49. The molecule has 4 nitrogen and oxygen atoms in total. The van der Waals surface area contributed by atoms with Gasteiger partial charge in [-0.05, 0) is 17.5 Å². The molecule has 2 N–H and O–H groups in total. The highest BCUT2D eigenvalue weighted by Gasteiger charge is 2.36. The zero-order chi connectivity index (χ0) is 12.5. The summed E-state index contributed by atoms with van der Waals surface area (Å²) in [6.45, 7) is 2.40. The van der Waals surface area contributed by atoms with Crippen LogP contribution < -0.4 is 5.73 Å². The van der Waals surface area contributed by atoms with Crippen LogP contribution in [0.3, 0.4) is 0 Å². The Morgan fingerprint density at radius 1 is 1.42 bits per heavy atom. The van der Waals surface area contributed by atoms with Crippen molar-refractivity contribution in [1.82, 2.24) is 4.90 Å². The highest BCUT2D eigenvalue weighted by Crippen LogP contribution is 2.36. The number of halogens is 1. The van der Waals surface area contributed by atoms with Gasteiger partial charge >= 0.3 is 0 Å². The molecule has 104 valence electrons. The average molecular weight is 283 g/mol. The molecular formula is C14H19ClN2O2. The molecule has 19 heavy (non-hydrogen) atoms. The van der Waals surface area contributed by atoms with Crippen molar-refractivity contribution in [3.8, 4) is 0 Å². The molecule has 3 rings (SSSR count). The molecule has 2 unspecified atom stereocenters. The maximum absolute atomic E-state index is 12.4. The minimum absolute atomic E-state index is 0. The van der Waals surface area contributed by atoms with E-state index in [0.29, 0.717) is 26.2 Å². The van der Waals surface area contributed by atoms with Crippen LogP contribution in [0.1, 0.15) is 17.0 Å². The number of fused-ring (bicyclic) bond motifs is 1. The van der Waals surface area contributed by atoms with Gasteiger partial charge in [-0.2, -0.15) is 0 Å². The maximum atomic E-state index is 12.4. The fraction of sp³-hybridized carbons (Fsp3) is 0.500. The fourth-order valence-corrected chi connectivity index (χ4v) is 2.76. The first kappa shape index (κ1) is 14.3. The summed E-state index contributed by atoms with van der Waals surface area (Å²) in [4.78, 5) is 14.3. The molecule has 0 aromatic heterocycles. The number of morpholine rings is 1. The van der Waals surface area contributed by atoms with E-state index in [1.807, 2.05) is 17.0 Å². The number of amides is 1. The highest BCUT2D eigenvalue weighted by atomic mass is 35.5. The summed E-state index contributed by atoms with van der Waals surface area (Å²) in [5.74, 6) is 0.285. The SMILES string of the molecule is Cl.NCC1CN(C(=O)C2Cc3ccccc32)CCO1. The molecule has 1 aromatic rings. The Kier molecular flexibility index (Phi) is 4.45. The molecule has 0 radical (unpaired) electrons. The summed E-state index contributed by atoms with van der Waals surface area (Å²) >= 11 is 0. The first-order valence-corrected chi connectivity index (χ1v) is 6.48. The van der Waals surface area contributed by atoms with Crippen LogP contribution in [0.15, 0.2) is 24.3 Å². The number of nitrogens with two attached hydrogens (primary N) is 1. The van der Waals surface area contributed by atoms with Crippen LogP contribution in [0.25, 0.3) is 0 Å². The number of hydrogen-bond donors (Lipinski definition) is 1. The van der Waals surface area contributed by atoms with Gasteiger partial charge in [-0.25, -0.2) is 0 Å². The molecule has 0 spiro atoms.